The number of rotatable bonds is 9. The Bertz CT molecular complexity index is 436. The fourth-order valence-electron chi connectivity index (χ4n) is 2.55. The summed E-state index contributed by atoms with van der Waals surface area (Å²) in [5, 5.41) is 8.80. The minimum Gasteiger partial charge on any atom is -0.357 e. The van der Waals surface area contributed by atoms with Crippen LogP contribution >= 0.6 is 47.1 Å². The summed E-state index contributed by atoms with van der Waals surface area (Å²) >= 11 is 3.53. The van der Waals surface area contributed by atoms with Gasteiger partial charge in [0.1, 0.15) is 4.34 Å². The van der Waals surface area contributed by atoms with E-state index in [1.54, 1.807) is 11.3 Å². The van der Waals surface area contributed by atoms with Crippen molar-refractivity contribution in [2.75, 3.05) is 45.0 Å². The van der Waals surface area contributed by atoms with Crippen molar-refractivity contribution in [3.05, 3.63) is 11.6 Å². The van der Waals surface area contributed by atoms with Crippen molar-refractivity contribution in [1.82, 2.24) is 20.5 Å². The average molecular weight is 483 g/mol. The van der Waals surface area contributed by atoms with Gasteiger partial charge in [-0.15, -0.1) is 35.3 Å². The van der Waals surface area contributed by atoms with Crippen LogP contribution in [-0.2, 0) is 0 Å². The third kappa shape index (κ3) is 9.43. The van der Waals surface area contributed by atoms with E-state index in [1.807, 2.05) is 23.3 Å². The molecule has 2 heterocycles. The standard InChI is InChI=1S/C16H29N5S2.HI/c1-2-17-15(19-8-12-21-10-4-3-5-11-21)18-7-6-13-22-16-20-9-14-23-16;/h9,14H,2-8,10-13H2,1H3,(H2,17,18,19);1H. The molecule has 24 heavy (non-hydrogen) atoms. The SMILES string of the molecule is CCNC(=NCCCSc1nccs1)NCCN1CCCCC1.I. The highest BCUT2D eigenvalue weighted by atomic mass is 127. The van der Waals surface area contributed by atoms with E-state index in [-0.39, 0.29) is 24.0 Å². The lowest BCUT2D eigenvalue weighted by molar-refractivity contribution is 0.232. The molecule has 1 aromatic rings. The van der Waals surface area contributed by atoms with E-state index in [2.05, 4.69) is 32.4 Å². The third-order valence-electron chi connectivity index (χ3n) is 3.72. The second-order valence-corrected chi connectivity index (χ2v) is 7.83. The number of thioether (sulfide) groups is 1. The highest BCUT2D eigenvalue weighted by molar-refractivity contribution is 14.0. The Balaban J connectivity index is 0.00000288. The smallest absolute Gasteiger partial charge is 0.191 e. The summed E-state index contributed by atoms with van der Waals surface area (Å²) in [5.41, 5.74) is 0. The zero-order valence-electron chi connectivity index (χ0n) is 14.5. The molecule has 0 bridgehead atoms. The zero-order chi connectivity index (χ0) is 16.2. The van der Waals surface area contributed by atoms with Gasteiger partial charge in [-0.2, -0.15) is 0 Å². The second kappa shape index (κ2) is 14.1. The van der Waals surface area contributed by atoms with Crippen LogP contribution in [0.1, 0.15) is 32.6 Å². The number of thiazole rings is 1. The van der Waals surface area contributed by atoms with E-state index in [1.165, 1.54) is 32.4 Å². The Kier molecular flexibility index (Phi) is 13.0. The number of likely N-dealkylation sites (tertiary alicyclic amines) is 1. The van der Waals surface area contributed by atoms with Gasteiger partial charge in [0, 0.05) is 43.5 Å². The monoisotopic (exact) mass is 483 g/mol. The van der Waals surface area contributed by atoms with Gasteiger partial charge in [0.15, 0.2) is 5.96 Å². The van der Waals surface area contributed by atoms with Crippen LogP contribution in [0.4, 0.5) is 0 Å². The highest BCUT2D eigenvalue weighted by Gasteiger charge is 2.09. The van der Waals surface area contributed by atoms with Gasteiger partial charge in [-0.25, -0.2) is 4.98 Å². The number of piperidine rings is 1. The number of aliphatic imine (C=N–C) groups is 1. The van der Waals surface area contributed by atoms with Crippen molar-refractivity contribution in [1.29, 1.82) is 0 Å². The third-order valence-corrected chi connectivity index (χ3v) is 5.77. The summed E-state index contributed by atoms with van der Waals surface area (Å²) in [6.07, 6.45) is 7.04. The molecule has 2 N–H and O–H groups in total. The topological polar surface area (TPSA) is 52.6 Å². The summed E-state index contributed by atoms with van der Waals surface area (Å²) in [5.74, 6) is 2.02. The largest absolute Gasteiger partial charge is 0.357 e. The Morgan fingerprint density at radius 1 is 1.33 bits per heavy atom. The molecule has 1 aliphatic rings. The van der Waals surface area contributed by atoms with Crippen LogP contribution < -0.4 is 10.6 Å². The van der Waals surface area contributed by atoms with E-state index in [0.29, 0.717) is 0 Å². The molecule has 1 aromatic heterocycles. The molecule has 1 aliphatic heterocycles. The predicted octanol–water partition coefficient (Wildman–Crippen LogP) is 3.28. The molecule has 0 radical (unpaired) electrons. The average Bonchev–Trinajstić information content (AvgIpc) is 3.09. The van der Waals surface area contributed by atoms with Gasteiger partial charge in [-0.05, 0) is 39.3 Å². The quantitative estimate of drug-likeness (QED) is 0.186. The fourth-order valence-corrected chi connectivity index (χ4v) is 4.19. The van der Waals surface area contributed by atoms with E-state index < -0.39 is 0 Å². The van der Waals surface area contributed by atoms with Crippen LogP contribution in [0, 0.1) is 0 Å². The van der Waals surface area contributed by atoms with Gasteiger partial charge in [0.05, 0.1) is 0 Å². The molecular weight excluding hydrogens is 453 g/mol. The minimum atomic E-state index is 0. The van der Waals surface area contributed by atoms with Crippen LogP contribution in [0.3, 0.4) is 0 Å². The number of nitrogens with one attached hydrogen (secondary N) is 2. The number of aromatic nitrogens is 1. The molecule has 0 saturated carbocycles. The summed E-state index contributed by atoms with van der Waals surface area (Å²) in [6, 6.07) is 0. The molecule has 2 rings (SSSR count). The maximum absolute atomic E-state index is 4.66. The summed E-state index contributed by atoms with van der Waals surface area (Å²) < 4.78 is 1.15. The molecule has 0 spiro atoms. The van der Waals surface area contributed by atoms with E-state index in [9.17, 15) is 0 Å². The van der Waals surface area contributed by atoms with E-state index >= 15 is 0 Å². The van der Waals surface area contributed by atoms with Gasteiger partial charge in [-0.1, -0.05) is 18.2 Å². The first-order valence-electron chi connectivity index (χ1n) is 8.65. The van der Waals surface area contributed by atoms with Gasteiger partial charge < -0.3 is 15.5 Å². The maximum atomic E-state index is 4.66. The number of hydrogen-bond acceptors (Lipinski definition) is 5. The van der Waals surface area contributed by atoms with Gasteiger partial charge >= 0.3 is 0 Å². The lowest BCUT2D eigenvalue weighted by Crippen LogP contribution is -2.42. The predicted molar refractivity (Wildman–Crippen MR) is 117 cm³/mol. The molecule has 0 aromatic carbocycles. The molecule has 0 aliphatic carbocycles. The summed E-state index contributed by atoms with van der Waals surface area (Å²) in [7, 11) is 0. The van der Waals surface area contributed by atoms with E-state index in [0.717, 1.165) is 48.7 Å². The van der Waals surface area contributed by atoms with Gasteiger partial charge in [0.25, 0.3) is 0 Å². The lowest BCUT2D eigenvalue weighted by Gasteiger charge is -2.26. The van der Waals surface area contributed by atoms with Crippen LogP contribution in [0.2, 0.25) is 0 Å². The fraction of sp³-hybridized carbons (Fsp3) is 0.750. The molecule has 138 valence electrons. The maximum Gasteiger partial charge on any atom is 0.191 e. The Labute approximate surface area is 171 Å². The molecule has 5 nitrogen and oxygen atoms in total. The van der Waals surface area contributed by atoms with Gasteiger partial charge in [-0.3, -0.25) is 4.99 Å². The van der Waals surface area contributed by atoms with Gasteiger partial charge in [0.2, 0.25) is 0 Å². The van der Waals surface area contributed by atoms with Crippen LogP contribution in [0.5, 0.6) is 0 Å². The van der Waals surface area contributed by atoms with Crippen molar-refractivity contribution < 1.29 is 0 Å². The number of halogens is 1. The molecule has 1 fully saturated rings. The zero-order valence-corrected chi connectivity index (χ0v) is 18.5. The molecule has 0 atom stereocenters. The van der Waals surface area contributed by atoms with Crippen molar-refractivity contribution >= 4 is 53.0 Å². The summed E-state index contributed by atoms with van der Waals surface area (Å²) in [6.45, 7) is 8.47. The minimum absolute atomic E-state index is 0. The number of guanidine groups is 1. The number of nitrogens with zero attached hydrogens (tertiary/aromatic N) is 3. The Hall–Kier alpha value is -0.0600. The van der Waals surface area contributed by atoms with Crippen molar-refractivity contribution in [3.8, 4) is 0 Å². The van der Waals surface area contributed by atoms with Crippen molar-refractivity contribution in [3.63, 3.8) is 0 Å². The molecular formula is C16H30IN5S2. The summed E-state index contributed by atoms with van der Waals surface area (Å²) in [4.78, 5) is 11.5. The Morgan fingerprint density at radius 3 is 2.88 bits per heavy atom. The first kappa shape index (κ1) is 22.0. The van der Waals surface area contributed by atoms with Crippen LogP contribution in [-0.4, -0.2) is 60.9 Å². The molecule has 8 heteroatoms. The molecule has 1 saturated heterocycles. The van der Waals surface area contributed by atoms with E-state index in [4.69, 9.17) is 0 Å². The van der Waals surface area contributed by atoms with Crippen molar-refractivity contribution in [2.24, 2.45) is 4.99 Å². The van der Waals surface area contributed by atoms with Crippen LogP contribution in [0.15, 0.2) is 20.9 Å². The first-order valence-corrected chi connectivity index (χ1v) is 10.5. The number of hydrogen-bond donors (Lipinski definition) is 2. The highest BCUT2D eigenvalue weighted by Crippen LogP contribution is 2.20. The molecule has 0 amide bonds. The second-order valence-electron chi connectivity index (χ2n) is 5.59. The molecule has 0 unspecified atom stereocenters. The Morgan fingerprint density at radius 2 is 2.17 bits per heavy atom. The normalized spacial score (nSPS) is 15.8. The first-order chi connectivity index (χ1) is 11.4. The van der Waals surface area contributed by atoms with Crippen LogP contribution in [0.25, 0.3) is 0 Å². The lowest BCUT2D eigenvalue weighted by atomic mass is 10.1. The van der Waals surface area contributed by atoms with Crippen molar-refractivity contribution in [2.45, 2.75) is 36.9 Å².